The number of amides is 1. The number of hydrogen-bond donors (Lipinski definition) is 0. The molecule has 1 saturated carbocycles. The predicted molar refractivity (Wildman–Crippen MR) is 89.2 cm³/mol. The average Bonchev–Trinajstić information content (AvgIpc) is 3.17. The Morgan fingerprint density at radius 2 is 2.12 bits per heavy atom. The van der Waals surface area contributed by atoms with E-state index in [0.29, 0.717) is 6.54 Å². The molecule has 1 fully saturated rings. The van der Waals surface area contributed by atoms with Gasteiger partial charge in [-0.15, -0.1) is 5.10 Å². The third kappa shape index (κ3) is 3.15. The molecule has 3 aromatic rings. The number of imidazole rings is 1. The maximum atomic E-state index is 13.4. The summed E-state index contributed by atoms with van der Waals surface area (Å²) in [7, 11) is 1.94. The number of aromatic nitrogens is 6. The molecule has 8 heteroatoms. The topological polar surface area (TPSA) is 81.7 Å². The van der Waals surface area contributed by atoms with E-state index in [1.165, 1.54) is 11.0 Å². The second-order valence-electron chi connectivity index (χ2n) is 6.25. The highest BCUT2D eigenvalue weighted by atomic mass is 16.2. The molecule has 1 aliphatic rings. The molecule has 0 bridgehead atoms. The molecule has 0 N–H and O–H groups in total. The van der Waals surface area contributed by atoms with Crippen molar-refractivity contribution >= 4 is 5.91 Å². The number of tetrazole rings is 1. The Hall–Kier alpha value is -3.03. The van der Waals surface area contributed by atoms with Crippen molar-refractivity contribution in [2.45, 2.75) is 31.5 Å². The van der Waals surface area contributed by atoms with Crippen LogP contribution in [-0.4, -0.2) is 46.6 Å². The maximum absolute atomic E-state index is 13.4. The maximum Gasteiger partial charge on any atom is 0.252 e. The van der Waals surface area contributed by atoms with Gasteiger partial charge in [-0.2, -0.15) is 0 Å². The number of aryl methyl sites for hydroxylation is 1. The Bertz CT molecular complexity index is 839. The number of benzene rings is 1. The third-order valence-electron chi connectivity index (χ3n) is 4.48. The van der Waals surface area contributed by atoms with Crippen LogP contribution in [0, 0.1) is 0 Å². The third-order valence-corrected chi connectivity index (χ3v) is 4.48. The molecule has 8 nitrogen and oxygen atoms in total. The minimum absolute atomic E-state index is 0.0102. The molecule has 0 spiro atoms. The summed E-state index contributed by atoms with van der Waals surface area (Å²) in [4.78, 5) is 19.7. The van der Waals surface area contributed by atoms with E-state index in [1.807, 2.05) is 53.0 Å². The van der Waals surface area contributed by atoms with Crippen molar-refractivity contribution < 1.29 is 4.79 Å². The van der Waals surface area contributed by atoms with Crippen LogP contribution in [-0.2, 0) is 18.4 Å². The summed E-state index contributed by atoms with van der Waals surface area (Å²) in [5.74, 6) is 0.854. The Kier molecular flexibility index (Phi) is 4.01. The lowest BCUT2D eigenvalue weighted by atomic mass is 10.1. The van der Waals surface area contributed by atoms with Crippen molar-refractivity contribution in [3.63, 3.8) is 0 Å². The van der Waals surface area contributed by atoms with Crippen LogP contribution in [0.4, 0.5) is 0 Å². The number of nitrogens with zero attached hydrogens (tertiary/aromatic N) is 7. The van der Waals surface area contributed by atoms with Crippen LogP contribution in [0.25, 0.3) is 0 Å². The van der Waals surface area contributed by atoms with Crippen molar-refractivity contribution in [2.24, 2.45) is 7.05 Å². The molecule has 1 aromatic carbocycles. The number of carbonyl (C=O) groups is 1. The fraction of sp³-hybridized carbons (Fsp3) is 0.353. The summed E-state index contributed by atoms with van der Waals surface area (Å²) in [6, 6.07) is 9.30. The van der Waals surface area contributed by atoms with Gasteiger partial charge in [-0.3, -0.25) is 4.79 Å². The molecular formula is C17H19N7O. The Morgan fingerprint density at radius 1 is 1.32 bits per heavy atom. The van der Waals surface area contributed by atoms with Crippen LogP contribution in [0.1, 0.15) is 30.3 Å². The minimum Gasteiger partial charge on any atom is -0.337 e. The molecule has 1 atom stereocenters. The average molecular weight is 337 g/mol. The summed E-state index contributed by atoms with van der Waals surface area (Å²) < 4.78 is 3.46. The van der Waals surface area contributed by atoms with Gasteiger partial charge in [0.1, 0.15) is 12.2 Å². The van der Waals surface area contributed by atoms with E-state index in [0.717, 1.165) is 24.2 Å². The van der Waals surface area contributed by atoms with Crippen LogP contribution in [0.5, 0.6) is 0 Å². The van der Waals surface area contributed by atoms with Gasteiger partial charge in [0, 0.05) is 25.5 Å². The van der Waals surface area contributed by atoms with E-state index >= 15 is 0 Å². The first kappa shape index (κ1) is 15.5. The van der Waals surface area contributed by atoms with Gasteiger partial charge in [0.15, 0.2) is 6.04 Å². The summed E-state index contributed by atoms with van der Waals surface area (Å²) in [6.07, 6.45) is 7.17. The summed E-state index contributed by atoms with van der Waals surface area (Å²) in [6.45, 7) is 0.485. The predicted octanol–water partition coefficient (Wildman–Crippen LogP) is 1.19. The first-order chi connectivity index (χ1) is 12.2. The zero-order chi connectivity index (χ0) is 17.2. The second-order valence-corrected chi connectivity index (χ2v) is 6.25. The first-order valence-corrected chi connectivity index (χ1v) is 8.28. The molecular weight excluding hydrogens is 318 g/mol. The highest BCUT2D eigenvalue weighted by Gasteiger charge is 2.38. The summed E-state index contributed by atoms with van der Waals surface area (Å²) in [5, 5.41) is 11.4. The molecule has 2 aromatic heterocycles. The van der Waals surface area contributed by atoms with E-state index in [2.05, 4.69) is 20.5 Å². The van der Waals surface area contributed by atoms with Crippen LogP contribution in [0.15, 0.2) is 49.1 Å². The van der Waals surface area contributed by atoms with Crippen LogP contribution >= 0.6 is 0 Å². The molecule has 0 saturated heterocycles. The van der Waals surface area contributed by atoms with Crippen LogP contribution < -0.4 is 0 Å². The molecule has 4 rings (SSSR count). The van der Waals surface area contributed by atoms with Gasteiger partial charge in [-0.05, 0) is 28.8 Å². The van der Waals surface area contributed by atoms with E-state index in [9.17, 15) is 4.79 Å². The molecule has 1 unspecified atom stereocenters. The van der Waals surface area contributed by atoms with Crippen molar-refractivity contribution in [3.05, 3.63) is 60.4 Å². The van der Waals surface area contributed by atoms with E-state index < -0.39 is 6.04 Å². The molecule has 0 aliphatic heterocycles. The smallest absolute Gasteiger partial charge is 0.252 e. The fourth-order valence-corrected chi connectivity index (χ4v) is 2.96. The van der Waals surface area contributed by atoms with Gasteiger partial charge >= 0.3 is 0 Å². The van der Waals surface area contributed by atoms with Crippen molar-refractivity contribution in [1.82, 2.24) is 34.7 Å². The van der Waals surface area contributed by atoms with Gasteiger partial charge < -0.3 is 9.47 Å². The van der Waals surface area contributed by atoms with Gasteiger partial charge in [-0.25, -0.2) is 9.67 Å². The largest absolute Gasteiger partial charge is 0.337 e. The molecule has 0 radical (unpaired) electrons. The van der Waals surface area contributed by atoms with Crippen molar-refractivity contribution in [2.75, 3.05) is 0 Å². The van der Waals surface area contributed by atoms with Crippen molar-refractivity contribution in [3.8, 4) is 0 Å². The number of hydrogen-bond acceptors (Lipinski definition) is 5. The quantitative estimate of drug-likeness (QED) is 0.675. The highest BCUT2D eigenvalue weighted by molar-refractivity contribution is 5.84. The molecule has 2 heterocycles. The van der Waals surface area contributed by atoms with Gasteiger partial charge in [0.05, 0.1) is 6.54 Å². The van der Waals surface area contributed by atoms with Gasteiger partial charge in [0.25, 0.3) is 5.91 Å². The normalized spacial score (nSPS) is 15.1. The minimum atomic E-state index is -0.572. The SMILES string of the molecule is Cn1ccnc1CN(C(=O)C(c1ccccc1)n1cnnn1)C1CC1. The molecule has 25 heavy (non-hydrogen) atoms. The Morgan fingerprint density at radius 3 is 2.72 bits per heavy atom. The number of rotatable bonds is 6. The van der Waals surface area contributed by atoms with Crippen LogP contribution in [0.2, 0.25) is 0 Å². The Balaban J connectivity index is 1.67. The number of carbonyl (C=O) groups excluding carboxylic acids is 1. The standard InChI is InChI=1S/C17H19N7O/c1-22-10-9-18-15(22)11-23(14-7-8-14)17(25)16(24-12-19-20-21-24)13-5-3-2-4-6-13/h2-6,9-10,12,14,16H,7-8,11H2,1H3. The van der Waals surface area contributed by atoms with E-state index in [-0.39, 0.29) is 11.9 Å². The Labute approximate surface area is 145 Å². The lowest BCUT2D eigenvalue weighted by molar-refractivity contribution is -0.135. The van der Waals surface area contributed by atoms with Gasteiger partial charge in [0.2, 0.25) is 0 Å². The van der Waals surface area contributed by atoms with E-state index in [4.69, 9.17) is 0 Å². The molecule has 128 valence electrons. The molecule has 1 aliphatic carbocycles. The highest BCUT2D eigenvalue weighted by Crippen LogP contribution is 2.31. The lowest BCUT2D eigenvalue weighted by Crippen LogP contribution is -2.39. The summed E-state index contributed by atoms with van der Waals surface area (Å²) >= 11 is 0. The molecule has 1 amide bonds. The lowest BCUT2D eigenvalue weighted by Gasteiger charge is -2.27. The second kappa shape index (κ2) is 6.46. The van der Waals surface area contributed by atoms with Crippen LogP contribution in [0.3, 0.4) is 0 Å². The first-order valence-electron chi connectivity index (χ1n) is 8.28. The summed E-state index contributed by atoms with van der Waals surface area (Å²) in [5.41, 5.74) is 0.866. The van der Waals surface area contributed by atoms with Gasteiger partial charge in [-0.1, -0.05) is 30.3 Å². The van der Waals surface area contributed by atoms with E-state index in [1.54, 1.807) is 6.20 Å². The monoisotopic (exact) mass is 337 g/mol. The van der Waals surface area contributed by atoms with Crippen molar-refractivity contribution in [1.29, 1.82) is 0 Å². The zero-order valence-electron chi connectivity index (χ0n) is 13.9. The zero-order valence-corrected chi connectivity index (χ0v) is 13.9. The fourth-order valence-electron chi connectivity index (χ4n) is 2.96.